The summed E-state index contributed by atoms with van der Waals surface area (Å²) in [5, 5.41) is 3.28. The molecule has 1 aromatic rings. The number of fused-ring (bicyclic) bond motifs is 1. The molecule has 25 heavy (non-hydrogen) atoms. The molecule has 0 aromatic carbocycles. The Morgan fingerprint density at radius 2 is 2.00 bits per heavy atom. The highest BCUT2D eigenvalue weighted by molar-refractivity contribution is 5.96. The number of hydrogen-bond donors (Lipinski definition) is 1. The summed E-state index contributed by atoms with van der Waals surface area (Å²) in [5.74, 6) is 0.0823. The van der Waals surface area contributed by atoms with E-state index in [1.54, 1.807) is 11.8 Å². The Hall–Kier alpha value is -2.15. The van der Waals surface area contributed by atoms with Crippen LogP contribution in [0.5, 0.6) is 0 Å². The molecule has 0 bridgehead atoms. The van der Waals surface area contributed by atoms with Crippen LogP contribution in [0.3, 0.4) is 0 Å². The number of aryl methyl sites for hydroxylation is 1. The first kappa shape index (κ1) is 16.3. The lowest BCUT2D eigenvalue weighted by atomic mass is 9.94. The van der Waals surface area contributed by atoms with Crippen LogP contribution in [-0.4, -0.2) is 49.6 Å². The second-order valence-corrected chi connectivity index (χ2v) is 7.23. The molecule has 1 aromatic heterocycles. The van der Waals surface area contributed by atoms with Gasteiger partial charge in [-0.3, -0.25) is 9.59 Å². The summed E-state index contributed by atoms with van der Waals surface area (Å²) in [4.78, 5) is 38.6. The second-order valence-electron chi connectivity index (χ2n) is 7.23. The van der Waals surface area contributed by atoms with Crippen molar-refractivity contribution in [3.8, 4) is 0 Å². The van der Waals surface area contributed by atoms with E-state index in [2.05, 4.69) is 5.32 Å². The monoisotopic (exact) mass is 346 g/mol. The zero-order valence-corrected chi connectivity index (χ0v) is 14.2. The molecule has 3 fully saturated rings. The van der Waals surface area contributed by atoms with Crippen LogP contribution in [0.1, 0.15) is 40.4 Å². The first-order chi connectivity index (χ1) is 12.0. The summed E-state index contributed by atoms with van der Waals surface area (Å²) < 4.78 is 10.5. The number of piperidine rings is 1. The minimum Gasteiger partial charge on any atom is -0.465 e. The molecule has 0 aliphatic carbocycles. The summed E-state index contributed by atoms with van der Waals surface area (Å²) in [6, 6.07) is 1.83. The third-order valence-electron chi connectivity index (χ3n) is 5.59. The Labute approximate surface area is 145 Å². The number of esters is 1. The van der Waals surface area contributed by atoms with Crippen LogP contribution >= 0.6 is 0 Å². The molecule has 3 aliphatic rings. The molecule has 0 unspecified atom stereocenters. The number of cyclic esters (lactones) is 1. The average Bonchev–Trinajstić information content (AvgIpc) is 3.17. The van der Waals surface area contributed by atoms with Gasteiger partial charge in [-0.05, 0) is 44.5 Å². The molecule has 0 radical (unpaired) electrons. The number of hydrogen-bond acceptors (Lipinski definition) is 6. The van der Waals surface area contributed by atoms with E-state index in [4.69, 9.17) is 9.15 Å². The van der Waals surface area contributed by atoms with Crippen LogP contribution in [0.15, 0.2) is 15.3 Å². The van der Waals surface area contributed by atoms with Gasteiger partial charge in [0.1, 0.15) is 11.3 Å². The van der Waals surface area contributed by atoms with Crippen molar-refractivity contribution in [3.63, 3.8) is 0 Å². The molecule has 7 nitrogen and oxygen atoms in total. The lowest BCUT2D eigenvalue weighted by Crippen LogP contribution is -2.35. The molecule has 3 saturated heterocycles. The molecular formula is C18H22N2O5. The highest BCUT2D eigenvalue weighted by Gasteiger charge is 2.46. The van der Waals surface area contributed by atoms with Crippen molar-refractivity contribution >= 4 is 11.9 Å². The molecule has 3 aliphatic heterocycles. The minimum absolute atomic E-state index is 0.0396. The Morgan fingerprint density at radius 3 is 2.68 bits per heavy atom. The van der Waals surface area contributed by atoms with E-state index in [1.807, 2.05) is 6.07 Å². The zero-order valence-electron chi connectivity index (χ0n) is 14.2. The molecule has 1 N–H and O–H groups in total. The first-order valence-electron chi connectivity index (χ1n) is 8.86. The van der Waals surface area contributed by atoms with Crippen molar-refractivity contribution in [2.45, 2.75) is 25.7 Å². The van der Waals surface area contributed by atoms with Crippen molar-refractivity contribution in [3.05, 3.63) is 33.4 Å². The Balaban J connectivity index is 1.57. The van der Waals surface area contributed by atoms with Gasteiger partial charge in [0.2, 0.25) is 0 Å². The summed E-state index contributed by atoms with van der Waals surface area (Å²) in [5.41, 5.74) is 0.165. The van der Waals surface area contributed by atoms with E-state index < -0.39 is 5.63 Å². The Morgan fingerprint density at radius 1 is 1.24 bits per heavy atom. The lowest BCUT2D eigenvalue weighted by Gasteiger charge is -2.22. The van der Waals surface area contributed by atoms with Gasteiger partial charge in [-0.2, -0.15) is 0 Å². The lowest BCUT2D eigenvalue weighted by molar-refractivity contribution is -0.141. The van der Waals surface area contributed by atoms with Gasteiger partial charge in [-0.25, -0.2) is 4.79 Å². The van der Waals surface area contributed by atoms with Crippen molar-refractivity contribution in [1.82, 2.24) is 10.2 Å². The van der Waals surface area contributed by atoms with E-state index >= 15 is 0 Å². The van der Waals surface area contributed by atoms with Gasteiger partial charge in [0.15, 0.2) is 0 Å². The third kappa shape index (κ3) is 2.86. The topological polar surface area (TPSA) is 88.8 Å². The normalized spacial score (nSPS) is 26.6. The van der Waals surface area contributed by atoms with Crippen LogP contribution in [0, 0.1) is 18.8 Å². The Kier molecular flexibility index (Phi) is 4.11. The quantitative estimate of drug-likeness (QED) is 0.792. The predicted molar refractivity (Wildman–Crippen MR) is 88.4 cm³/mol. The van der Waals surface area contributed by atoms with Crippen LogP contribution in [0.25, 0.3) is 0 Å². The van der Waals surface area contributed by atoms with Gasteiger partial charge < -0.3 is 19.4 Å². The SMILES string of the molecule is Cc1cc(C2CCNCC2)oc(=O)c1C(=O)N1C[C@@H]2COC(=O)[C@@H]2C1. The van der Waals surface area contributed by atoms with Crippen molar-refractivity contribution in [1.29, 1.82) is 0 Å². The van der Waals surface area contributed by atoms with Gasteiger partial charge >= 0.3 is 11.6 Å². The molecule has 0 saturated carbocycles. The fourth-order valence-electron chi connectivity index (χ4n) is 4.13. The average molecular weight is 346 g/mol. The number of nitrogens with one attached hydrogen (secondary N) is 1. The highest BCUT2D eigenvalue weighted by Crippen LogP contribution is 2.31. The van der Waals surface area contributed by atoms with E-state index in [9.17, 15) is 14.4 Å². The van der Waals surface area contributed by atoms with Crippen LogP contribution in [0.2, 0.25) is 0 Å². The van der Waals surface area contributed by atoms with Gasteiger partial charge in [-0.15, -0.1) is 0 Å². The smallest absolute Gasteiger partial charge is 0.349 e. The minimum atomic E-state index is -0.571. The number of rotatable bonds is 2. The second kappa shape index (κ2) is 6.29. The van der Waals surface area contributed by atoms with E-state index in [-0.39, 0.29) is 35.2 Å². The summed E-state index contributed by atoms with van der Waals surface area (Å²) in [7, 11) is 0. The standard InChI is InChI=1S/C18H22N2O5/c1-10-6-14(11-2-4-19-5-3-11)25-18(23)15(10)16(21)20-7-12-9-24-17(22)13(12)8-20/h6,11-13,19H,2-5,7-9H2,1H3/t12-,13-/m1/s1. The number of carbonyl (C=O) groups excluding carboxylic acids is 2. The number of carbonyl (C=O) groups is 2. The number of likely N-dealkylation sites (tertiary alicyclic amines) is 1. The summed E-state index contributed by atoms with van der Waals surface area (Å²) >= 11 is 0. The van der Waals surface area contributed by atoms with Gasteiger partial charge in [0.25, 0.3) is 5.91 Å². The number of amides is 1. The van der Waals surface area contributed by atoms with E-state index in [0.717, 1.165) is 25.9 Å². The Bertz CT molecular complexity index is 765. The van der Waals surface area contributed by atoms with Crippen LogP contribution in [-0.2, 0) is 9.53 Å². The molecule has 4 rings (SSSR count). The molecular weight excluding hydrogens is 324 g/mol. The first-order valence-corrected chi connectivity index (χ1v) is 8.86. The highest BCUT2D eigenvalue weighted by atomic mass is 16.5. The van der Waals surface area contributed by atoms with Gasteiger partial charge in [0.05, 0.1) is 12.5 Å². The summed E-state index contributed by atoms with van der Waals surface area (Å²) in [6.07, 6.45) is 1.85. The van der Waals surface area contributed by atoms with Gasteiger partial charge in [0, 0.05) is 24.9 Å². The van der Waals surface area contributed by atoms with Crippen molar-refractivity contribution in [2.75, 3.05) is 32.8 Å². The third-order valence-corrected chi connectivity index (χ3v) is 5.59. The fraction of sp³-hybridized carbons (Fsp3) is 0.611. The largest absolute Gasteiger partial charge is 0.465 e. The molecule has 2 atom stereocenters. The number of ether oxygens (including phenoxy) is 1. The summed E-state index contributed by atoms with van der Waals surface area (Å²) in [6.45, 7) is 4.71. The maximum Gasteiger partial charge on any atom is 0.349 e. The van der Waals surface area contributed by atoms with E-state index in [0.29, 0.717) is 31.0 Å². The maximum atomic E-state index is 12.8. The number of nitrogens with zero attached hydrogens (tertiary/aromatic N) is 1. The van der Waals surface area contributed by atoms with Crippen molar-refractivity contribution < 1.29 is 18.7 Å². The van der Waals surface area contributed by atoms with Crippen LogP contribution < -0.4 is 10.9 Å². The molecule has 4 heterocycles. The molecule has 0 spiro atoms. The zero-order chi connectivity index (χ0) is 17.6. The molecule has 134 valence electrons. The fourth-order valence-corrected chi connectivity index (χ4v) is 4.13. The van der Waals surface area contributed by atoms with Crippen molar-refractivity contribution in [2.24, 2.45) is 11.8 Å². The molecule has 1 amide bonds. The van der Waals surface area contributed by atoms with E-state index in [1.165, 1.54) is 0 Å². The van der Waals surface area contributed by atoms with Gasteiger partial charge in [-0.1, -0.05) is 0 Å². The molecule has 7 heteroatoms. The predicted octanol–water partition coefficient (Wildman–Crippen LogP) is 0.660. The van der Waals surface area contributed by atoms with Crippen LogP contribution in [0.4, 0.5) is 0 Å². The maximum absolute atomic E-state index is 12.8.